The van der Waals surface area contributed by atoms with Crippen molar-refractivity contribution in [2.75, 3.05) is 7.11 Å². The molecule has 0 aliphatic rings. The molecule has 0 unspecified atom stereocenters. The minimum Gasteiger partial charge on any atom is -0.371 e. The highest BCUT2D eigenvalue weighted by Crippen LogP contribution is 2.36. The Morgan fingerprint density at radius 2 is 1.94 bits per heavy atom. The van der Waals surface area contributed by atoms with Gasteiger partial charge in [-0.2, -0.15) is 0 Å². The second-order valence-electron chi connectivity index (χ2n) is 4.97. The standard InChI is InChI=1S/C14H26N2OS/c1-7-14(8-2,17-6)13-16-11(5)12(18-13)9-15-10(3)4/h10,15H,7-9H2,1-6H3. The second kappa shape index (κ2) is 6.64. The fourth-order valence-corrected chi connectivity index (χ4v) is 3.34. The maximum atomic E-state index is 5.74. The first-order valence-electron chi connectivity index (χ1n) is 6.74. The molecule has 0 radical (unpaired) electrons. The van der Waals surface area contributed by atoms with Gasteiger partial charge >= 0.3 is 0 Å². The first kappa shape index (κ1) is 15.6. The third-order valence-electron chi connectivity index (χ3n) is 3.49. The Bertz CT molecular complexity index is 362. The number of ether oxygens (including phenoxy) is 1. The zero-order valence-electron chi connectivity index (χ0n) is 12.5. The van der Waals surface area contributed by atoms with Crippen molar-refractivity contribution in [3.05, 3.63) is 15.6 Å². The third-order valence-corrected chi connectivity index (χ3v) is 4.83. The highest BCUT2D eigenvalue weighted by molar-refractivity contribution is 7.11. The van der Waals surface area contributed by atoms with Crippen LogP contribution in [-0.4, -0.2) is 18.1 Å². The summed E-state index contributed by atoms with van der Waals surface area (Å²) in [5.41, 5.74) is 0.928. The number of nitrogens with one attached hydrogen (secondary N) is 1. The molecule has 1 heterocycles. The first-order chi connectivity index (χ1) is 8.49. The summed E-state index contributed by atoms with van der Waals surface area (Å²) in [7, 11) is 1.79. The molecule has 0 amide bonds. The molecule has 0 saturated carbocycles. The predicted molar refractivity (Wildman–Crippen MR) is 78.1 cm³/mol. The molecule has 0 aliphatic heterocycles. The largest absolute Gasteiger partial charge is 0.371 e. The van der Waals surface area contributed by atoms with Crippen LogP contribution in [0.5, 0.6) is 0 Å². The van der Waals surface area contributed by atoms with Gasteiger partial charge in [0.15, 0.2) is 0 Å². The third kappa shape index (κ3) is 3.31. The van der Waals surface area contributed by atoms with Gasteiger partial charge in [-0.1, -0.05) is 27.7 Å². The maximum absolute atomic E-state index is 5.74. The Morgan fingerprint density at radius 3 is 2.39 bits per heavy atom. The molecule has 104 valence electrons. The van der Waals surface area contributed by atoms with Crippen molar-refractivity contribution >= 4 is 11.3 Å². The van der Waals surface area contributed by atoms with Gasteiger partial charge in [0, 0.05) is 24.6 Å². The van der Waals surface area contributed by atoms with Crippen LogP contribution in [0.3, 0.4) is 0 Å². The molecule has 1 rings (SSSR count). The zero-order valence-corrected chi connectivity index (χ0v) is 13.3. The molecule has 0 saturated heterocycles. The Labute approximate surface area is 115 Å². The summed E-state index contributed by atoms with van der Waals surface area (Å²) in [6, 6.07) is 0.500. The summed E-state index contributed by atoms with van der Waals surface area (Å²) in [5.74, 6) is 0. The second-order valence-corrected chi connectivity index (χ2v) is 6.05. The van der Waals surface area contributed by atoms with Crippen molar-refractivity contribution in [3.63, 3.8) is 0 Å². The number of hydrogen-bond acceptors (Lipinski definition) is 4. The SMILES string of the molecule is CCC(CC)(OC)c1nc(C)c(CNC(C)C)s1. The van der Waals surface area contributed by atoms with Crippen LogP contribution in [-0.2, 0) is 16.9 Å². The van der Waals surface area contributed by atoms with Crippen molar-refractivity contribution in [1.82, 2.24) is 10.3 Å². The molecule has 4 heteroatoms. The van der Waals surface area contributed by atoms with Crippen LogP contribution in [0.2, 0.25) is 0 Å². The molecular formula is C14H26N2OS. The predicted octanol–water partition coefficient (Wildman–Crippen LogP) is 3.61. The minimum absolute atomic E-state index is 0.203. The van der Waals surface area contributed by atoms with Gasteiger partial charge in [0.05, 0.1) is 5.69 Å². The number of aromatic nitrogens is 1. The van der Waals surface area contributed by atoms with Crippen LogP contribution in [0.1, 0.15) is 56.1 Å². The summed E-state index contributed by atoms with van der Waals surface area (Å²) in [6.07, 6.45) is 1.92. The van der Waals surface area contributed by atoms with Crippen LogP contribution < -0.4 is 5.32 Å². The maximum Gasteiger partial charge on any atom is 0.125 e. The van der Waals surface area contributed by atoms with Crippen molar-refractivity contribution in [2.45, 2.75) is 65.6 Å². The van der Waals surface area contributed by atoms with Crippen LogP contribution in [0.25, 0.3) is 0 Å². The van der Waals surface area contributed by atoms with Gasteiger partial charge in [-0.3, -0.25) is 0 Å². The molecule has 0 aromatic carbocycles. The molecule has 0 bridgehead atoms. The minimum atomic E-state index is -0.203. The van der Waals surface area contributed by atoms with E-state index in [1.807, 2.05) is 0 Å². The lowest BCUT2D eigenvalue weighted by atomic mass is 9.98. The highest BCUT2D eigenvalue weighted by atomic mass is 32.1. The zero-order chi connectivity index (χ0) is 13.8. The molecule has 0 aliphatic carbocycles. The summed E-state index contributed by atoms with van der Waals surface area (Å²) in [4.78, 5) is 6.05. The van der Waals surface area contributed by atoms with Gasteiger partial charge < -0.3 is 10.1 Å². The average Bonchev–Trinajstić information content (AvgIpc) is 2.72. The first-order valence-corrected chi connectivity index (χ1v) is 7.56. The fraction of sp³-hybridized carbons (Fsp3) is 0.786. The molecule has 1 aromatic heterocycles. The Kier molecular flexibility index (Phi) is 5.76. The topological polar surface area (TPSA) is 34.1 Å². The number of thiazole rings is 1. The van der Waals surface area contributed by atoms with E-state index < -0.39 is 0 Å². The molecular weight excluding hydrogens is 244 g/mol. The van der Waals surface area contributed by atoms with Gasteiger partial charge in [0.1, 0.15) is 10.6 Å². The van der Waals surface area contributed by atoms with Crippen LogP contribution in [0, 0.1) is 6.92 Å². The number of rotatable bonds is 7. The van der Waals surface area contributed by atoms with E-state index in [-0.39, 0.29) is 5.60 Å². The molecule has 3 nitrogen and oxygen atoms in total. The van der Waals surface area contributed by atoms with E-state index in [0.717, 1.165) is 30.1 Å². The van der Waals surface area contributed by atoms with Crippen LogP contribution in [0.15, 0.2) is 0 Å². The number of aryl methyl sites for hydroxylation is 1. The summed E-state index contributed by atoms with van der Waals surface area (Å²) >= 11 is 1.78. The Balaban J connectivity index is 2.94. The van der Waals surface area contributed by atoms with E-state index in [9.17, 15) is 0 Å². The lowest BCUT2D eigenvalue weighted by Gasteiger charge is -2.27. The smallest absolute Gasteiger partial charge is 0.125 e. The number of hydrogen-bond donors (Lipinski definition) is 1. The monoisotopic (exact) mass is 270 g/mol. The van der Waals surface area contributed by atoms with E-state index in [1.54, 1.807) is 18.4 Å². The van der Waals surface area contributed by atoms with Gasteiger partial charge in [0.2, 0.25) is 0 Å². The average molecular weight is 270 g/mol. The molecule has 1 aromatic rings. The molecule has 0 spiro atoms. The Hall–Kier alpha value is -0.450. The van der Waals surface area contributed by atoms with Gasteiger partial charge in [-0.25, -0.2) is 4.98 Å². The normalized spacial score (nSPS) is 12.4. The van der Waals surface area contributed by atoms with Crippen molar-refractivity contribution < 1.29 is 4.74 Å². The fourth-order valence-electron chi connectivity index (χ4n) is 2.01. The highest BCUT2D eigenvalue weighted by Gasteiger charge is 2.32. The molecule has 1 N–H and O–H groups in total. The molecule has 0 fully saturated rings. The van der Waals surface area contributed by atoms with Crippen molar-refractivity contribution in [1.29, 1.82) is 0 Å². The van der Waals surface area contributed by atoms with Crippen LogP contribution in [0.4, 0.5) is 0 Å². The Morgan fingerprint density at radius 1 is 1.33 bits per heavy atom. The number of nitrogens with zero attached hydrogens (tertiary/aromatic N) is 1. The quantitative estimate of drug-likeness (QED) is 0.822. The van der Waals surface area contributed by atoms with E-state index in [4.69, 9.17) is 9.72 Å². The van der Waals surface area contributed by atoms with E-state index in [1.165, 1.54) is 4.88 Å². The van der Waals surface area contributed by atoms with Gasteiger partial charge in [0.25, 0.3) is 0 Å². The summed E-state index contributed by atoms with van der Waals surface area (Å²) < 4.78 is 5.74. The van der Waals surface area contributed by atoms with Crippen LogP contribution >= 0.6 is 11.3 Å². The van der Waals surface area contributed by atoms with Gasteiger partial charge in [-0.05, 0) is 19.8 Å². The lowest BCUT2D eigenvalue weighted by molar-refractivity contribution is -0.0219. The molecule has 18 heavy (non-hydrogen) atoms. The molecule has 0 atom stereocenters. The van der Waals surface area contributed by atoms with Crippen molar-refractivity contribution in [2.24, 2.45) is 0 Å². The van der Waals surface area contributed by atoms with E-state index in [0.29, 0.717) is 6.04 Å². The van der Waals surface area contributed by atoms with Crippen molar-refractivity contribution in [3.8, 4) is 0 Å². The van der Waals surface area contributed by atoms with E-state index >= 15 is 0 Å². The van der Waals surface area contributed by atoms with Gasteiger partial charge in [-0.15, -0.1) is 11.3 Å². The van der Waals surface area contributed by atoms with E-state index in [2.05, 4.69) is 39.9 Å². The number of methoxy groups -OCH3 is 1. The summed E-state index contributed by atoms with van der Waals surface area (Å²) in [5, 5.41) is 4.57. The lowest BCUT2D eigenvalue weighted by Crippen LogP contribution is -2.26. The summed E-state index contributed by atoms with van der Waals surface area (Å²) in [6.45, 7) is 11.6.